The van der Waals surface area contributed by atoms with Crippen LogP contribution in [0.1, 0.15) is 26.3 Å². The quantitative estimate of drug-likeness (QED) is 0.888. The average molecular weight is 299 g/mol. The summed E-state index contributed by atoms with van der Waals surface area (Å²) < 4.78 is 10.5. The number of aromatic nitrogens is 1. The summed E-state index contributed by atoms with van der Waals surface area (Å²) in [6.45, 7) is 5.03. The van der Waals surface area contributed by atoms with Gasteiger partial charge in [0.15, 0.2) is 5.58 Å². The number of nitrogens with one attached hydrogen (secondary N) is 1. The highest BCUT2D eigenvalue weighted by molar-refractivity contribution is 6.31. The average Bonchev–Trinajstić information content (AvgIpc) is 2.66. The van der Waals surface area contributed by atoms with Crippen LogP contribution in [0.2, 0.25) is 5.02 Å². The maximum Gasteiger partial charge on any atom is 0.415 e. The molecule has 0 atom stereocenters. The number of hydrogen-bond acceptors (Lipinski definition) is 5. The fourth-order valence-corrected chi connectivity index (χ4v) is 1.86. The van der Waals surface area contributed by atoms with E-state index in [4.69, 9.17) is 20.8 Å². The van der Waals surface area contributed by atoms with Crippen LogP contribution in [-0.4, -0.2) is 21.8 Å². The van der Waals surface area contributed by atoms with Crippen molar-refractivity contribution in [3.8, 4) is 0 Å². The lowest BCUT2D eigenvalue weighted by molar-refractivity contribution is 0.0632. The molecule has 0 unspecified atom stereocenters. The molecule has 1 aromatic carbocycles. The molecule has 0 aliphatic rings. The van der Waals surface area contributed by atoms with E-state index < -0.39 is 11.7 Å². The molecule has 0 radical (unpaired) electrons. The first-order valence-electron chi connectivity index (χ1n) is 5.98. The highest BCUT2D eigenvalue weighted by Gasteiger charge is 2.19. The fourth-order valence-electron chi connectivity index (χ4n) is 1.63. The van der Waals surface area contributed by atoms with Crippen LogP contribution in [0, 0.1) is 0 Å². The molecular formula is C13H15ClN2O4. The summed E-state index contributed by atoms with van der Waals surface area (Å²) in [5, 5.41) is 12.1. The van der Waals surface area contributed by atoms with Crippen molar-refractivity contribution in [1.82, 2.24) is 4.98 Å². The minimum Gasteiger partial charge on any atom is -0.443 e. The molecule has 0 aliphatic carbocycles. The van der Waals surface area contributed by atoms with Crippen LogP contribution in [0.3, 0.4) is 0 Å². The first-order chi connectivity index (χ1) is 9.28. The third-order valence-corrected chi connectivity index (χ3v) is 2.54. The summed E-state index contributed by atoms with van der Waals surface area (Å²) in [5.74, 6) is 0. The number of halogens is 1. The molecule has 2 rings (SSSR count). The normalized spacial score (nSPS) is 11.7. The molecule has 0 bridgehead atoms. The number of fused-ring (bicyclic) bond motifs is 1. The number of rotatable bonds is 2. The number of oxazole rings is 1. The van der Waals surface area contributed by atoms with Gasteiger partial charge in [0, 0.05) is 16.7 Å². The van der Waals surface area contributed by atoms with E-state index in [9.17, 15) is 9.90 Å². The van der Waals surface area contributed by atoms with Gasteiger partial charge in [0.2, 0.25) is 0 Å². The largest absolute Gasteiger partial charge is 0.443 e. The Labute approximate surface area is 120 Å². The van der Waals surface area contributed by atoms with Crippen LogP contribution in [0.15, 0.2) is 16.5 Å². The molecule has 0 spiro atoms. The summed E-state index contributed by atoms with van der Waals surface area (Å²) in [6.07, 6.45) is -0.666. The van der Waals surface area contributed by atoms with Crippen molar-refractivity contribution in [2.45, 2.75) is 33.0 Å². The number of nitrogens with zero attached hydrogens (tertiary/aromatic N) is 1. The lowest BCUT2D eigenvalue weighted by Crippen LogP contribution is -2.27. The third-order valence-electron chi connectivity index (χ3n) is 2.32. The number of benzene rings is 1. The van der Waals surface area contributed by atoms with Crippen molar-refractivity contribution in [3.05, 3.63) is 22.7 Å². The minimum atomic E-state index is -0.666. The van der Waals surface area contributed by atoms with Crippen molar-refractivity contribution < 1.29 is 19.1 Å². The van der Waals surface area contributed by atoms with Crippen LogP contribution in [0.25, 0.3) is 11.1 Å². The lowest BCUT2D eigenvalue weighted by Gasteiger charge is -2.18. The topological polar surface area (TPSA) is 84.6 Å². The van der Waals surface area contributed by atoms with Crippen molar-refractivity contribution in [2.24, 2.45) is 0 Å². The molecular weight excluding hydrogens is 284 g/mol. The zero-order valence-electron chi connectivity index (χ0n) is 11.4. The molecule has 2 N–H and O–H groups in total. The number of aliphatic hydroxyl groups excluding tert-OH is 1. The van der Waals surface area contributed by atoms with Crippen molar-refractivity contribution in [2.75, 3.05) is 5.32 Å². The molecule has 20 heavy (non-hydrogen) atoms. The molecule has 0 saturated heterocycles. The van der Waals surface area contributed by atoms with E-state index in [0.29, 0.717) is 21.7 Å². The van der Waals surface area contributed by atoms with Gasteiger partial charge >= 0.3 is 12.1 Å². The van der Waals surface area contributed by atoms with Crippen LogP contribution in [-0.2, 0) is 11.3 Å². The molecule has 0 fully saturated rings. The molecule has 0 saturated carbocycles. The minimum absolute atomic E-state index is 0.00813. The van der Waals surface area contributed by atoms with Gasteiger partial charge in [0.05, 0.1) is 6.61 Å². The second-order valence-corrected chi connectivity index (χ2v) is 5.65. The van der Waals surface area contributed by atoms with Gasteiger partial charge in [0.1, 0.15) is 11.1 Å². The van der Waals surface area contributed by atoms with Gasteiger partial charge in [-0.1, -0.05) is 11.6 Å². The number of ether oxygens (including phenoxy) is 1. The highest BCUT2D eigenvalue weighted by Crippen LogP contribution is 2.26. The Bertz CT molecular complexity index is 646. The van der Waals surface area contributed by atoms with Crippen molar-refractivity contribution >= 4 is 34.8 Å². The first-order valence-corrected chi connectivity index (χ1v) is 6.36. The third kappa shape index (κ3) is 3.40. The summed E-state index contributed by atoms with van der Waals surface area (Å²) in [4.78, 5) is 15.7. The van der Waals surface area contributed by atoms with E-state index >= 15 is 0 Å². The molecule has 108 valence electrons. The molecule has 7 heteroatoms. The predicted octanol–water partition coefficient (Wildman–Crippen LogP) is 3.32. The van der Waals surface area contributed by atoms with E-state index in [1.165, 1.54) is 0 Å². The Morgan fingerprint density at radius 2 is 2.20 bits per heavy atom. The van der Waals surface area contributed by atoms with Crippen LogP contribution in [0.4, 0.5) is 10.8 Å². The Kier molecular flexibility index (Phi) is 3.87. The second-order valence-electron chi connectivity index (χ2n) is 5.22. The van der Waals surface area contributed by atoms with Gasteiger partial charge in [0.25, 0.3) is 0 Å². The molecule has 2 aromatic rings. The smallest absolute Gasteiger partial charge is 0.415 e. The summed E-state index contributed by atoms with van der Waals surface area (Å²) in [5.41, 5.74) is 0.736. The lowest BCUT2D eigenvalue weighted by atomic mass is 10.2. The van der Waals surface area contributed by atoms with Gasteiger partial charge in [-0.25, -0.2) is 10.1 Å². The summed E-state index contributed by atoms with van der Waals surface area (Å²) in [6, 6.07) is 3.14. The SMILES string of the molecule is CC(C)(C)OC(=O)Nc1nc2c(CO)cc(Cl)cc2o1. The Hall–Kier alpha value is -1.79. The van der Waals surface area contributed by atoms with Gasteiger partial charge in [-0.15, -0.1) is 0 Å². The molecule has 1 heterocycles. The summed E-state index contributed by atoms with van der Waals surface area (Å²) in [7, 11) is 0. The number of carbonyl (C=O) groups excluding carboxylic acids is 1. The van der Waals surface area contributed by atoms with E-state index in [1.807, 2.05) is 0 Å². The molecule has 1 amide bonds. The van der Waals surface area contributed by atoms with E-state index in [0.717, 1.165) is 0 Å². The highest BCUT2D eigenvalue weighted by atomic mass is 35.5. The summed E-state index contributed by atoms with van der Waals surface area (Å²) >= 11 is 5.89. The van der Waals surface area contributed by atoms with Gasteiger partial charge in [-0.3, -0.25) is 0 Å². The zero-order valence-corrected chi connectivity index (χ0v) is 12.1. The Morgan fingerprint density at radius 1 is 1.50 bits per heavy atom. The van der Waals surface area contributed by atoms with Gasteiger partial charge < -0.3 is 14.3 Å². The molecule has 6 nitrogen and oxygen atoms in total. The van der Waals surface area contributed by atoms with Gasteiger partial charge in [-0.05, 0) is 26.8 Å². The van der Waals surface area contributed by atoms with Crippen LogP contribution >= 0.6 is 11.6 Å². The molecule has 0 aliphatic heterocycles. The van der Waals surface area contributed by atoms with E-state index in [-0.39, 0.29) is 12.6 Å². The number of amides is 1. The van der Waals surface area contributed by atoms with Gasteiger partial charge in [-0.2, -0.15) is 4.98 Å². The maximum absolute atomic E-state index is 11.6. The fraction of sp³-hybridized carbons (Fsp3) is 0.385. The number of hydrogen-bond donors (Lipinski definition) is 2. The van der Waals surface area contributed by atoms with E-state index in [2.05, 4.69) is 10.3 Å². The van der Waals surface area contributed by atoms with Crippen LogP contribution < -0.4 is 5.32 Å². The number of carbonyl (C=O) groups is 1. The predicted molar refractivity (Wildman–Crippen MR) is 74.8 cm³/mol. The Balaban J connectivity index is 2.26. The monoisotopic (exact) mass is 298 g/mol. The molecule has 1 aromatic heterocycles. The van der Waals surface area contributed by atoms with E-state index in [1.54, 1.807) is 32.9 Å². The first kappa shape index (κ1) is 14.6. The zero-order chi connectivity index (χ0) is 14.9. The van der Waals surface area contributed by atoms with Crippen molar-refractivity contribution in [3.63, 3.8) is 0 Å². The second kappa shape index (κ2) is 5.30. The number of aliphatic hydroxyl groups is 1. The maximum atomic E-state index is 11.6. The van der Waals surface area contributed by atoms with Crippen molar-refractivity contribution in [1.29, 1.82) is 0 Å². The van der Waals surface area contributed by atoms with Crippen LogP contribution in [0.5, 0.6) is 0 Å². The Morgan fingerprint density at radius 3 is 2.80 bits per heavy atom. The number of anilines is 1. The standard InChI is InChI=1S/C13H15ClN2O4/c1-13(2,3)20-12(18)16-11-15-10-7(6-17)4-8(14)5-9(10)19-11/h4-5,17H,6H2,1-3H3,(H,15,16,18).